The number of nitrogens with zero attached hydrogens (tertiary/aromatic N) is 1. The van der Waals surface area contributed by atoms with E-state index in [4.69, 9.17) is 26.0 Å². The third-order valence-corrected chi connectivity index (χ3v) is 6.20. The molecule has 0 bridgehead atoms. The van der Waals surface area contributed by atoms with E-state index in [0.29, 0.717) is 11.1 Å². The van der Waals surface area contributed by atoms with Gasteiger partial charge >= 0.3 is 0 Å². The maximum atomic E-state index is 8.60. The summed E-state index contributed by atoms with van der Waals surface area (Å²) in [7, 11) is 0. The van der Waals surface area contributed by atoms with Crippen molar-refractivity contribution in [3.05, 3.63) is 157 Å². The van der Waals surface area contributed by atoms with E-state index in [1.807, 2.05) is 121 Å². The van der Waals surface area contributed by atoms with Gasteiger partial charge < -0.3 is 15.2 Å². The van der Waals surface area contributed by atoms with Crippen LogP contribution in [0.15, 0.2) is 146 Å². The molecule has 200 valence electrons. The van der Waals surface area contributed by atoms with Gasteiger partial charge in [-0.05, 0) is 71.8 Å². The lowest BCUT2D eigenvalue weighted by Crippen LogP contribution is -2.18. The molecule has 0 saturated heterocycles. The summed E-state index contributed by atoms with van der Waals surface area (Å²) in [6, 6.07) is 37.9. The lowest BCUT2D eigenvalue weighted by atomic mass is 9.87. The van der Waals surface area contributed by atoms with Crippen LogP contribution >= 0.6 is 0 Å². The minimum Gasteiger partial charge on any atom is -0.457 e. The number of hydrogen-bond donors (Lipinski definition) is 3. The zero-order valence-corrected chi connectivity index (χ0v) is 22.2. The van der Waals surface area contributed by atoms with Crippen molar-refractivity contribution in [3.63, 3.8) is 0 Å². The first-order valence-electron chi connectivity index (χ1n) is 13.0. The highest BCUT2D eigenvalue weighted by Crippen LogP contribution is 2.31. The number of nitrogens with one attached hydrogen (secondary N) is 2. The molecule has 0 aliphatic heterocycles. The Hall–Kier alpha value is -5.75. The molecule has 0 unspecified atom stereocenters. The molecule has 5 aromatic rings. The van der Waals surface area contributed by atoms with E-state index in [-0.39, 0.29) is 11.4 Å². The largest absolute Gasteiger partial charge is 0.457 e. The van der Waals surface area contributed by atoms with Crippen molar-refractivity contribution < 1.29 is 9.47 Å². The first kappa shape index (κ1) is 26.8. The number of pyridine rings is 1. The van der Waals surface area contributed by atoms with Crippen LogP contribution in [0.4, 0.5) is 5.69 Å². The summed E-state index contributed by atoms with van der Waals surface area (Å²) < 4.78 is 11.7. The molecule has 0 fully saturated rings. The van der Waals surface area contributed by atoms with Crippen LogP contribution in [0.25, 0.3) is 11.1 Å². The van der Waals surface area contributed by atoms with E-state index >= 15 is 0 Å². The summed E-state index contributed by atoms with van der Waals surface area (Å²) in [4.78, 5) is 3.77. The van der Waals surface area contributed by atoms with Gasteiger partial charge in [0.1, 0.15) is 23.0 Å². The van der Waals surface area contributed by atoms with Crippen molar-refractivity contribution in [2.75, 3.05) is 5.73 Å². The zero-order chi connectivity index (χ0) is 28.4. The van der Waals surface area contributed by atoms with Crippen LogP contribution in [-0.2, 0) is 0 Å². The molecule has 1 aliphatic rings. The second-order valence-electron chi connectivity index (χ2n) is 9.07. The normalized spacial score (nSPS) is 12.4. The van der Waals surface area contributed by atoms with E-state index in [9.17, 15) is 0 Å². The Balaban J connectivity index is 0.000000423. The van der Waals surface area contributed by atoms with Crippen molar-refractivity contribution in [1.82, 2.24) is 4.98 Å². The van der Waals surface area contributed by atoms with Gasteiger partial charge in [0, 0.05) is 29.2 Å². The highest BCUT2D eigenvalue weighted by Gasteiger charge is 2.21. The third kappa shape index (κ3) is 7.02. The molecule has 0 radical (unpaired) electrons. The predicted molar refractivity (Wildman–Crippen MR) is 166 cm³/mol. The van der Waals surface area contributed by atoms with Gasteiger partial charge in [-0.15, -0.1) is 0 Å². The smallest absolute Gasteiger partial charge is 0.127 e. The van der Waals surface area contributed by atoms with Gasteiger partial charge in [-0.1, -0.05) is 72.8 Å². The lowest BCUT2D eigenvalue weighted by molar-refractivity contribution is 0.482. The van der Waals surface area contributed by atoms with Crippen LogP contribution < -0.4 is 15.2 Å². The summed E-state index contributed by atoms with van der Waals surface area (Å²) in [5.74, 6) is 2.99. The molecule has 0 amide bonds. The van der Waals surface area contributed by atoms with E-state index in [2.05, 4.69) is 4.98 Å². The Morgan fingerprint density at radius 3 is 1.17 bits per heavy atom. The summed E-state index contributed by atoms with van der Waals surface area (Å²) >= 11 is 0. The molecular formula is C35H28N4O2. The molecule has 1 aromatic heterocycles. The second kappa shape index (κ2) is 12.9. The molecule has 6 heteroatoms. The average Bonchev–Trinajstić information content (AvgIpc) is 3.01. The first-order valence-corrected chi connectivity index (χ1v) is 13.0. The molecule has 6 rings (SSSR count). The quantitative estimate of drug-likeness (QED) is 0.189. The van der Waals surface area contributed by atoms with Crippen LogP contribution in [0.3, 0.4) is 0 Å². The van der Waals surface area contributed by atoms with Gasteiger partial charge in [-0.3, -0.25) is 15.8 Å². The fourth-order valence-corrected chi connectivity index (χ4v) is 4.10. The van der Waals surface area contributed by atoms with Gasteiger partial charge in [-0.2, -0.15) is 0 Å². The molecule has 1 heterocycles. The summed E-state index contributed by atoms with van der Waals surface area (Å²) in [6.45, 7) is 0. The van der Waals surface area contributed by atoms with Crippen molar-refractivity contribution in [2.45, 2.75) is 0 Å². The van der Waals surface area contributed by atoms with Gasteiger partial charge in [0.25, 0.3) is 0 Å². The Labute approximate surface area is 239 Å². The molecule has 0 atom stereocenters. The summed E-state index contributed by atoms with van der Waals surface area (Å²) in [5.41, 5.74) is 9.63. The maximum absolute atomic E-state index is 8.60. The third-order valence-electron chi connectivity index (χ3n) is 6.20. The number of ether oxygens (including phenoxy) is 2. The van der Waals surface area contributed by atoms with Gasteiger partial charge in [0.2, 0.25) is 0 Å². The molecule has 0 spiro atoms. The Morgan fingerprint density at radius 1 is 0.463 bits per heavy atom. The fraction of sp³-hybridized carbons (Fsp3) is 0. The molecule has 4 N–H and O–H groups in total. The van der Waals surface area contributed by atoms with E-state index < -0.39 is 0 Å². The fourth-order valence-electron chi connectivity index (χ4n) is 4.10. The Kier molecular flexibility index (Phi) is 8.42. The number of aromatic nitrogens is 1. The van der Waals surface area contributed by atoms with Crippen LogP contribution in [0.1, 0.15) is 11.1 Å². The molecule has 1 aliphatic carbocycles. The number of allylic oxidation sites excluding steroid dienone is 4. The van der Waals surface area contributed by atoms with Crippen molar-refractivity contribution in [2.24, 2.45) is 0 Å². The number of rotatable bonds is 6. The topological polar surface area (TPSA) is 105 Å². The van der Waals surface area contributed by atoms with E-state index in [1.54, 1.807) is 24.5 Å². The first-order chi connectivity index (χ1) is 20.1. The predicted octanol–water partition coefficient (Wildman–Crippen LogP) is 8.46. The van der Waals surface area contributed by atoms with E-state index in [0.717, 1.165) is 39.8 Å². The van der Waals surface area contributed by atoms with Crippen molar-refractivity contribution in [1.29, 1.82) is 10.8 Å². The number of anilines is 1. The van der Waals surface area contributed by atoms with Crippen LogP contribution in [0, 0.1) is 10.8 Å². The molecule has 41 heavy (non-hydrogen) atoms. The molecular weight excluding hydrogens is 508 g/mol. The van der Waals surface area contributed by atoms with Crippen LogP contribution in [0.5, 0.6) is 23.0 Å². The second-order valence-corrected chi connectivity index (χ2v) is 9.07. The Morgan fingerprint density at radius 2 is 0.829 bits per heavy atom. The average molecular weight is 537 g/mol. The summed E-state index contributed by atoms with van der Waals surface area (Å²) in [6.07, 6.45) is 7.12. The monoisotopic (exact) mass is 536 g/mol. The van der Waals surface area contributed by atoms with E-state index in [1.165, 1.54) is 0 Å². The number of benzene rings is 4. The highest BCUT2D eigenvalue weighted by molar-refractivity contribution is 6.68. The molecule has 0 saturated carbocycles. The summed E-state index contributed by atoms with van der Waals surface area (Å²) in [5, 5.41) is 17.2. The van der Waals surface area contributed by atoms with Gasteiger partial charge in [0.05, 0.1) is 11.4 Å². The van der Waals surface area contributed by atoms with Crippen molar-refractivity contribution in [3.8, 4) is 23.0 Å². The maximum Gasteiger partial charge on any atom is 0.127 e. The molecule has 6 nitrogen and oxygen atoms in total. The van der Waals surface area contributed by atoms with Crippen molar-refractivity contribution >= 4 is 28.3 Å². The molecule has 4 aromatic carbocycles. The minimum absolute atomic E-state index is 0.193. The highest BCUT2D eigenvalue weighted by atomic mass is 16.5. The van der Waals surface area contributed by atoms with Crippen LogP contribution in [0.2, 0.25) is 0 Å². The zero-order valence-electron chi connectivity index (χ0n) is 22.2. The van der Waals surface area contributed by atoms with Gasteiger partial charge in [0.15, 0.2) is 0 Å². The number of para-hydroxylation sites is 2. The number of hydrogen-bond acceptors (Lipinski definition) is 6. The number of nitrogens with two attached hydrogens (primary N) is 1. The minimum atomic E-state index is 0.193. The lowest BCUT2D eigenvalue weighted by Gasteiger charge is -2.18. The Bertz CT molecular complexity index is 1570. The number of nitrogen functional groups attached to an aromatic ring is 1. The SMILES string of the molecule is N=C1C(=N)C(c2ccc(Oc3ccccc3)cc2)=CC=C1c1ccc(Oc2ccccc2)cc1.Nc1ccncc1. The van der Waals surface area contributed by atoms with Crippen LogP contribution in [-0.4, -0.2) is 16.4 Å². The van der Waals surface area contributed by atoms with Gasteiger partial charge in [-0.25, -0.2) is 0 Å². The standard InChI is InChI=1S/C30H22N2O2.C5H6N2/c31-29-27(21-11-15-25(16-12-21)33-23-7-3-1-4-8-23)19-20-28(30(29)32)22-13-17-26(18-14-22)34-24-9-5-2-6-10-24;6-5-1-3-7-4-2-5/h1-20,31-32H;1-4H,(H2,6,7).